The number of nitrogens with one attached hydrogen (secondary N) is 3. The molecule has 0 aliphatic heterocycles. The van der Waals surface area contributed by atoms with Crippen molar-refractivity contribution in [1.29, 1.82) is 0 Å². The van der Waals surface area contributed by atoms with Gasteiger partial charge in [-0.1, -0.05) is 18.2 Å². The second kappa shape index (κ2) is 7.49. The Labute approximate surface area is 156 Å². The van der Waals surface area contributed by atoms with Crippen LogP contribution in [0.15, 0.2) is 53.1 Å². The normalized spacial score (nSPS) is 13.3. The van der Waals surface area contributed by atoms with Gasteiger partial charge < -0.3 is 20.4 Å². The van der Waals surface area contributed by atoms with Crippen LogP contribution in [0.1, 0.15) is 29.0 Å². The lowest BCUT2D eigenvalue weighted by molar-refractivity contribution is -0.119. The Morgan fingerprint density at radius 1 is 1.15 bits per heavy atom. The number of fused-ring (bicyclic) bond motifs is 1. The van der Waals surface area contributed by atoms with Crippen molar-refractivity contribution in [3.8, 4) is 0 Å². The smallest absolute Gasteiger partial charge is 0.252 e. The molecule has 0 unspecified atom stereocenters. The quantitative estimate of drug-likeness (QED) is 0.598. The predicted molar refractivity (Wildman–Crippen MR) is 101 cm³/mol. The van der Waals surface area contributed by atoms with E-state index in [9.17, 15) is 9.59 Å². The minimum Gasteiger partial charge on any atom is -0.467 e. The first-order valence-electron chi connectivity index (χ1n) is 8.92. The summed E-state index contributed by atoms with van der Waals surface area (Å²) >= 11 is 0. The monoisotopic (exact) mass is 364 g/mol. The van der Waals surface area contributed by atoms with Crippen LogP contribution in [-0.4, -0.2) is 29.4 Å². The number of furan rings is 1. The summed E-state index contributed by atoms with van der Waals surface area (Å²) in [6, 6.07) is 13.0. The summed E-state index contributed by atoms with van der Waals surface area (Å²) in [6.45, 7) is 0.378. The maximum atomic E-state index is 12.6. The number of rotatable bonds is 7. The summed E-state index contributed by atoms with van der Waals surface area (Å²) in [6.07, 6.45) is 3.61. The van der Waals surface area contributed by atoms with E-state index in [4.69, 9.17) is 4.42 Å². The maximum Gasteiger partial charge on any atom is 0.252 e. The molecule has 1 aliphatic carbocycles. The van der Waals surface area contributed by atoms with Crippen LogP contribution in [0, 0.1) is 0 Å². The Morgan fingerprint density at radius 3 is 2.78 bits per heavy atom. The first kappa shape index (κ1) is 17.1. The summed E-state index contributed by atoms with van der Waals surface area (Å²) in [5, 5.41) is 9.56. The summed E-state index contributed by atoms with van der Waals surface area (Å²) in [5.74, 6) is 0.876. The molecule has 0 radical (unpaired) electrons. The molecular weight excluding hydrogens is 344 g/mol. The van der Waals surface area contributed by atoms with Gasteiger partial charge in [0.1, 0.15) is 11.6 Å². The zero-order valence-corrected chi connectivity index (χ0v) is 14.7. The van der Waals surface area contributed by atoms with E-state index >= 15 is 0 Å². The van der Waals surface area contributed by atoms with Gasteiger partial charge in [-0.2, -0.15) is 0 Å². The van der Waals surface area contributed by atoms with E-state index in [2.05, 4.69) is 20.9 Å². The molecule has 7 nitrogen and oxygen atoms in total. The molecule has 1 fully saturated rings. The Balaban J connectivity index is 1.46. The molecule has 3 aromatic rings. The van der Waals surface area contributed by atoms with E-state index in [1.54, 1.807) is 24.5 Å². The average molecular weight is 364 g/mol. The number of pyridine rings is 1. The number of para-hydroxylation sites is 1. The molecule has 138 valence electrons. The number of hydrogen-bond acceptors (Lipinski definition) is 5. The molecular formula is C20H20N4O3. The number of benzene rings is 1. The van der Waals surface area contributed by atoms with E-state index in [1.807, 2.05) is 24.3 Å². The van der Waals surface area contributed by atoms with Crippen LogP contribution in [0.2, 0.25) is 0 Å². The van der Waals surface area contributed by atoms with Crippen LogP contribution in [0.3, 0.4) is 0 Å². The van der Waals surface area contributed by atoms with Gasteiger partial charge in [-0.05, 0) is 37.1 Å². The van der Waals surface area contributed by atoms with Gasteiger partial charge in [0, 0.05) is 11.4 Å². The first-order chi connectivity index (χ1) is 13.2. The molecule has 1 aromatic carbocycles. The van der Waals surface area contributed by atoms with Crippen molar-refractivity contribution < 1.29 is 14.0 Å². The van der Waals surface area contributed by atoms with Crippen molar-refractivity contribution in [3.05, 3.63) is 60.1 Å². The summed E-state index contributed by atoms with van der Waals surface area (Å²) < 4.78 is 5.18. The molecule has 7 heteroatoms. The standard InChI is InChI=1S/C20H20N4O3/c25-19(22-11-14-4-3-9-27-14)12-21-18-10-16(20(26)23-13-7-8-13)15-5-1-2-6-17(15)24-18/h1-6,9-10,13H,7-8,11-12H2,(H,21,24)(H,22,25)(H,23,26). The van der Waals surface area contributed by atoms with Gasteiger partial charge in [0.05, 0.1) is 30.4 Å². The number of amides is 2. The van der Waals surface area contributed by atoms with Gasteiger partial charge in [-0.3, -0.25) is 9.59 Å². The summed E-state index contributed by atoms with van der Waals surface area (Å²) in [5.41, 5.74) is 1.27. The van der Waals surface area contributed by atoms with Crippen LogP contribution in [-0.2, 0) is 11.3 Å². The maximum absolute atomic E-state index is 12.6. The van der Waals surface area contributed by atoms with Crippen LogP contribution in [0.4, 0.5) is 5.82 Å². The number of nitrogens with zero attached hydrogens (tertiary/aromatic N) is 1. The Bertz CT molecular complexity index is 965. The first-order valence-corrected chi connectivity index (χ1v) is 8.92. The third kappa shape index (κ3) is 4.25. The second-order valence-corrected chi connectivity index (χ2v) is 6.53. The van der Waals surface area contributed by atoms with Gasteiger partial charge in [0.15, 0.2) is 0 Å². The van der Waals surface area contributed by atoms with Gasteiger partial charge in [0.2, 0.25) is 5.91 Å². The topological polar surface area (TPSA) is 96.3 Å². The Kier molecular flexibility index (Phi) is 4.74. The molecule has 1 aliphatic rings. The van der Waals surface area contributed by atoms with Crippen LogP contribution >= 0.6 is 0 Å². The molecule has 3 N–H and O–H groups in total. The van der Waals surface area contributed by atoms with E-state index in [0.29, 0.717) is 29.2 Å². The molecule has 4 rings (SSSR count). The summed E-state index contributed by atoms with van der Waals surface area (Å²) in [7, 11) is 0. The van der Waals surface area contributed by atoms with Crippen molar-refractivity contribution in [2.45, 2.75) is 25.4 Å². The minimum absolute atomic E-state index is 0.0513. The lowest BCUT2D eigenvalue weighted by Crippen LogP contribution is -2.29. The van der Waals surface area contributed by atoms with E-state index in [-0.39, 0.29) is 24.4 Å². The van der Waals surface area contributed by atoms with E-state index in [0.717, 1.165) is 18.2 Å². The molecule has 0 bridgehead atoms. The molecule has 27 heavy (non-hydrogen) atoms. The zero-order valence-electron chi connectivity index (χ0n) is 14.7. The highest BCUT2D eigenvalue weighted by molar-refractivity contribution is 6.07. The zero-order chi connectivity index (χ0) is 18.6. The number of hydrogen-bond donors (Lipinski definition) is 3. The van der Waals surface area contributed by atoms with Crippen molar-refractivity contribution in [1.82, 2.24) is 15.6 Å². The second-order valence-electron chi connectivity index (χ2n) is 6.53. The summed E-state index contributed by atoms with van der Waals surface area (Å²) in [4.78, 5) is 29.1. The highest BCUT2D eigenvalue weighted by Gasteiger charge is 2.25. The van der Waals surface area contributed by atoms with Gasteiger partial charge in [0.25, 0.3) is 5.91 Å². The van der Waals surface area contributed by atoms with Crippen molar-refractivity contribution in [3.63, 3.8) is 0 Å². The van der Waals surface area contributed by atoms with Gasteiger partial charge in [-0.15, -0.1) is 0 Å². The fourth-order valence-corrected chi connectivity index (χ4v) is 2.78. The molecule has 0 atom stereocenters. The fraction of sp³-hybridized carbons (Fsp3) is 0.250. The van der Waals surface area contributed by atoms with Crippen LogP contribution in [0.5, 0.6) is 0 Å². The third-order valence-electron chi connectivity index (χ3n) is 4.34. The SMILES string of the molecule is O=C(CNc1cc(C(=O)NC2CC2)c2ccccc2n1)NCc1ccco1. The number of carbonyl (C=O) groups excluding carboxylic acids is 2. The third-order valence-corrected chi connectivity index (χ3v) is 4.34. The Hall–Kier alpha value is -3.35. The molecule has 2 aromatic heterocycles. The molecule has 0 saturated heterocycles. The lowest BCUT2D eigenvalue weighted by atomic mass is 10.1. The average Bonchev–Trinajstić information content (AvgIpc) is 3.34. The molecule has 2 amide bonds. The number of carbonyl (C=O) groups is 2. The van der Waals surface area contributed by atoms with Crippen molar-refractivity contribution in [2.24, 2.45) is 0 Å². The minimum atomic E-state index is -0.189. The molecule has 0 spiro atoms. The molecule has 2 heterocycles. The number of aromatic nitrogens is 1. The van der Waals surface area contributed by atoms with E-state index < -0.39 is 0 Å². The Morgan fingerprint density at radius 2 is 2.00 bits per heavy atom. The van der Waals surface area contributed by atoms with Crippen molar-refractivity contribution >= 4 is 28.5 Å². The van der Waals surface area contributed by atoms with Crippen molar-refractivity contribution in [2.75, 3.05) is 11.9 Å². The van der Waals surface area contributed by atoms with Crippen LogP contribution in [0.25, 0.3) is 10.9 Å². The lowest BCUT2D eigenvalue weighted by Gasteiger charge is -2.11. The number of anilines is 1. The predicted octanol–water partition coefficient (Wildman–Crippen LogP) is 2.45. The van der Waals surface area contributed by atoms with Gasteiger partial charge >= 0.3 is 0 Å². The largest absolute Gasteiger partial charge is 0.467 e. The highest BCUT2D eigenvalue weighted by Crippen LogP contribution is 2.23. The highest BCUT2D eigenvalue weighted by atomic mass is 16.3. The molecule has 1 saturated carbocycles. The fourth-order valence-electron chi connectivity index (χ4n) is 2.78. The van der Waals surface area contributed by atoms with Gasteiger partial charge in [-0.25, -0.2) is 4.98 Å². The van der Waals surface area contributed by atoms with Crippen LogP contribution < -0.4 is 16.0 Å². The van der Waals surface area contributed by atoms with E-state index in [1.165, 1.54) is 0 Å².